The van der Waals surface area contributed by atoms with Crippen molar-refractivity contribution in [3.63, 3.8) is 0 Å². The number of rotatable bonds is 4. The molecule has 0 saturated carbocycles. The van der Waals surface area contributed by atoms with E-state index in [9.17, 15) is 36.2 Å². The molecule has 1 N–H and O–H groups in total. The maximum atomic E-state index is 13.5. The van der Waals surface area contributed by atoms with Gasteiger partial charge in [0.2, 0.25) is 0 Å². The fourth-order valence-electron chi connectivity index (χ4n) is 3.88. The van der Waals surface area contributed by atoms with Crippen molar-refractivity contribution in [3.8, 4) is 5.69 Å². The zero-order valence-corrected chi connectivity index (χ0v) is 19.2. The van der Waals surface area contributed by atoms with Crippen LogP contribution in [-0.2, 0) is 12.0 Å². The molecule has 0 aliphatic rings. The number of aromatic nitrogens is 2. The Balaban J connectivity index is 2.02. The van der Waals surface area contributed by atoms with E-state index in [4.69, 9.17) is 11.6 Å². The van der Waals surface area contributed by atoms with Gasteiger partial charge in [0.15, 0.2) is 0 Å². The van der Waals surface area contributed by atoms with Crippen LogP contribution in [0.15, 0.2) is 71.5 Å². The second-order valence-corrected chi connectivity index (χ2v) is 8.61. The van der Waals surface area contributed by atoms with Gasteiger partial charge in [0.05, 0.1) is 16.6 Å². The lowest BCUT2D eigenvalue weighted by molar-refractivity contribution is -0.376. The monoisotopic (exact) mass is 526 g/mol. The molecule has 3 aromatic carbocycles. The van der Waals surface area contributed by atoms with E-state index in [1.54, 1.807) is 37.3 Å². The van der Waals surface area contributed by atoms with Gasteiger partial charge in [-0.25, -0.2) is 4.98 Å². The molecule has 1 aromatic heterocycles. The van der Waals surface area contributed by atoms with Crippen molar-refractivity contribution in [2.24, 2.45) is 0 Å². The van der Waals surface area contributed by atoms with Gasteiger partial charge in [-0.05, 0) is 42.3 Å². The van der Waals surface area contributed by atoms with Crippen LogP contribution in [-0.4, -0.2) is 27.0 Å². The molecule has 0 fully saturated rings. The number of halogens is 7. The summed E-state index contributed by atoms with van der Waals surface area (Å²) in [4.78, 5) is 18.0. The summed E-state index contributed by atoms with van der Waals surface area (Å²) in [5, 5.41) is 10.3. The van der Waals surface area contributed by atoms with E-state index in [-0.39, 0.29) is 28.8 Å². The first-order chi connectivity index (χ1) is 16.7. The maximum Gasteiger partial charge on any atom is 0.430 e. The van der Waals surface area contributed by atoms with Crippen molar-refractivity contribution in [1.29, 1.82) is 0 Å². The van der Waals surface area contributed by atoms with Crippen LogP contribution in [0.25, 0.3) is 16.6 Å². The Morgan fingerprint density at radius 2 is 1.56 bits per heavy atom. The summed E-state index contributed by atoms with van der Waals surface area (Å²) in [7, 11) is 0. The van der Waals surface area contributed by atoms with Crippen molar-refractivity contribution in [3.05, 3.63) is 105 Å². The van der Waals surface area contributed by atoms with E-state index in [1.165, 1.54) is 18.2 Å². The molecule has 1 heterocycles. The molecular formula is C25H17ClF6N2O2. The number of aryl methyl sites for hydroxylation is 1. The lowest BCUT2D eigenvalue weighted by Crippen LogP contribution is -2.54. The van der Waals surface area contributed by atoms with Crippen LogP contribution in [0.4, 0.5) is 26.3 Å². The van der Waals surface area contributed by atoms with E-state index < -0.39 is 29.1 Å². The molecule has 0 saturated heterocycles. The SMILES string of the molecule is Cc1cc2c(=O)n(-c3cccc(C(O)(C(F)(F)F)C(F)(F)F)c3)c(Cc3ccccc3)nc2cc1Cl. The first-order valence-electron chi connectivity index (χ1n) is 10.5. The minimum absolute atomic E-state index is 0.0323. The van der Waals surface area contributed by atoms with Gasteiger partial charge in [0.25, 0.3) is 11.2 Å². The van der Waals surface area contributed by atoms with Crippen molar-refractivity contribution in [1.82, 2.24) is 9.55 Å². The summed E-state index contributed by atoms with van der Waals surface area (Å²) in [6.45, 7) is 1.64. The smallest absolute Gasteiger partial charge is 0.369 e. The quantitative estimate of drug-likeness (QED) is 0.320. The zero-order chi connectivity index (χ0) is 26.5. The molecular weight excluding hydrogens is 510 g/mol. The van der Waals surface area contributed by atoms with Crippen molar-refractivity contribution in [2.45, 2.75) is 31.3 Å². The number of alkyl halides is 6. The van der Waals surface area contributed by atoms with Crippen molar-refractivity contribution >= 4 is 22.5 Å². The highest BCUT2D eigenvalue weighted by Crippen LogP contribution is 2.50. The standard InChI is InChI=1S/C25H17ClF6N2O2/c1-14-10-18-20(13-19(14)26)33-21(11-15-6-3-2-4-7-15)34(22(18)35)17-9-5-8-16(12-17)23(36,24(27,28)29)25(30,31)32/h2-10,12-13,36H,11H2,1H3. The Labute approximate surface area is 205 Å². The normalized spacial score (nSPS) is 12.8. The van der Waals surface area contributed by atoms with E-state index >= 15 is 0 Å². The summed E-state index contributed by atoms with van der Waals surface area (Å²) in [5.41, 5.74) is -6.23. The number of hydrogen-bond acceptors (Lipinski definition) is 3. The van der Waals surface area contributed by atoms with Crippen LogP contribution in [0.2, 0.25) is 5.02 Å². The summed E-state index contributed by atoms with van der Waals surface area (Å²) in [6.07, 6.45) is -12.1. The fraction of sp³-hybridized carbons (Fsp3) is 0.200. The highest BCUT2D eigenvalue weighted by atomic mass is 35.5. The zero-order valence-electron chi connectivity index (χ0n) is 18.5. The lowest BCUT2D eigenvalue weighted by atomic mass is 9.92. The van der Waals surface area contributed by atoms with Gasteiger partial charge >= 0.3 is 12.4 Å². The summed E-state index contributed by atoms with van der Waals surface area (Å²) in [6, 6.07) is 14.7. The predicted molar refractivity (Wildman–Crippen MR) is 122 cm³/mol. The van der Waals surface area contributed by atoms with Crippen LogP contribution < -0.4 is 5.56 Å². The molecule has 4 rings (SSSR count). The van der Waals surface area contributed by atoms with Crippen LogP contribution in [0, 0.1) is 6.92 Å². The molecule has 0 radical (unpaired) electrons. The van der Waals surface area contributed by atoms with Gasteiger partial charge in [0, 0.05) is 17.0 Å². The Kier molecular flexibility index (Phi) is 6.38. The minimum atomic E-state index is -6.07. The number of hydrogen-bond donors (Lipinski definition) is 1. The Morgan fingerprint density at radius 1 is 0.917 bits per heavy atom. The molecule has 0 atom stereocenters. The molecule has 0 unspecified atom stereocenters. The second-order valence-electron chi connectivity index (χ2n) is 8.21. The van der Waals surface area contributed by atoms with Gasteiger partial charge < -0.3 is 5.11 Å². The lowest BCUT2D eigenvalue weighted by Gasteiger charge is -2.33. The number of benzene rings is 3. The Bertz CT molecular complexity index is 1480. The third kappa shape index (κ3) is 4.35. The van der Waals surface area contributed by atoms with E-state index in [1.807, 2.05) is 0 Å². The topological polar surface area (TPSA) is 55.1 Å². The highest BCUT2D eigenvalue weighted by molar-refractivity contribution is 6.32. The average molecular weight is 527 g/mol. The largest absolute Gasteiger partial charge is 0.430 e. The van der Waals surface area contributed by atoms with E-state index in [0.717, 1.165) is 10.6 Å². The van der Waals surface area contributed by atoms with Crippen LogP contribution in [0.1, 0.15) is 22.5 Å². The van der Waals surface area contributed by atoms with Crippen LogP contribution in [0.5, 0.6) is 0 Å². The summed E-state index contributed by atoms with van der Waals surface area (Å²) < 4.78 is 81.9. The first kappa shape index (κ1) is 25.7. The number of fused-ring (bicyclic) bond motifs is 1. The van der Waals surface area contributed by atoms with Gasteiger partial charge in [-0.1, -0.05) is 54.1 Å². The molecule has 4 nitrogen and oxygen atoms in total. The number of aliphatic hydroxyl groups is 1. The third-order valence-electron chi connectivity index (χ3n) is 5.77. The molecule has 0 bridgehead atoms. The third-order valence-corrected chi connectivity index (χ3v) is 6.17. The molecule has 11 heteroatoms. The summed E-state index contributed by atoms with van der Waals surface area (Å²) >= 11 is 6.18. The second kappa shape index (κ2) is 8.94. The molecule has 36 heavy (non-hydrogen) atoms. The molecule has 188 valence electrons. The van der Waals surface area contributed by atoms with Crippen molar-refractivity contribution < 1.29 is 31.4 Å². The van der Waals surface area contributed by atoms with Gasteiger partial charge in [-0.2, -0.15) is 26.3 Å². The first-order valence-corrected chi connectivity index (χ1v) is 10.8. The minimum Gasteiger partial charge on any atom is -0.369 e. The van der Waals surface area contributed by atoms with Gasteiger partial charge in [-0.3, -0.25) is 9.36 Å². The maximum absolute atomic E-state index is 13.5. The molecule has 0 spiro atoms. The average Bonchev–Trinajstić information content (AvgIpc) is 2.79. The Hall–Kier alpha value is -3.37. The highest BCUT2D eigenvalue weighted by Gasteiger charge is 2.71. The Morgan fingerprint density at radius 3 is 2.17 bits per heavy atom. The molecule has 0 amide bonds. The van der Waals surface area contributed by atoms with Crippen LogP contribution >= 0.6 is 11.6 Å². The van der Waals surface area contributed by atoms with Gasteiger partial charge in [0.1, 0.15) is 5.82 Å². The molecule has 0 aliphatic heterocycles. The van der Waals surface area contributed by atoms with Crippen molar-refractivity contribution in [2.75, 3.05) is 0 Å². The van der Waals surface area contributed by atoms with Gasteiger partial charge in [-0.15, -0.1) is 0 Å². The number of nitrogens with zero attached hydrogens (tertiary/aromatic N) is 2. The molecule has 4 aromatic rings. The fourth-order valence-corrected chi connectivity index (χ4v) is 4.04. The summed E-state index contributed by atoms with van der Waals surface area (Å²) in [5.74, 6) is 0.0540. The van der Waals surface area contributed by atoms with E-state index in [0.29, 0.717) is 28.3 Å². The van der Waals surface area contributed by atoms with E-state index in [2.05, 4.69) is 4.98 Å². The predicted octanol–water partition coefficient (Wildman–Crippen LogP) is 6.25. The molecule has 0 aliphatic carbocycles. The van der Waals surface area contributed by atoms with Crippen LogP contribution in [0.3, 0.4) is 0 Å².